The molecule has 0 aromatic rings. The largest absolute Gasteiger partial charge is 0.462 e. The second-order valence-electron chi connectivity index (χ2n) is 23.4. The lowest BCUT2D eigenvalue weighted by atomic mass is 10.0. The van der Waals surface area contributed by atoms with E-state index >= 15 is 0 Å². The first-order chi connectivity index (χ1) is 39.5. The SMILES string of the molecule is CCCCC/C=C\C/C=C\CCCCCCCCCC(=O)OC(COC(=O)CCCCCCC/C=C\C/C=C\CCCCCC)COC(=O)CCCCCCCCCCCCCCCCCCC/C=C\C/C=C\CCCCCCC. The number of rotatable bonds is 64. The first kappa shape index (κ1) is 76.9. The molecule has 1 atom stereocenters. The molecule has 1 unspecified atom stereocenters. The molecule has 0 rings (SSSR count). The molecule has 0 aromatic carbocycles. The summed E-state index contributed by atoms with van der Waals surface area (Å²) in [5, 5.41) is 0. The highest BCUT2D eigenvalue weighted by molar-refractivity contribution is 5.71. The number of carbonyl (C=O) groups is 3. The minimum absolute atomic E-state index is 0.0805. The van der Waals surface area contributed by atoms with E-state index in [0.717, 1.165) is 96.3 Å². The Morgan fingerprint density at radius 3 is 0.725 bits per heavy atom. The molecule has 0 saturated heterocycles. The Bertz CT molecular complexity index is 1470. The zero-order chi connectivity index (χ0) is 57.8. The highest BCUT2D eigenvalue weighted by atomic mass is 16.6. The first-order valence-electron chi connectivity index (χ1n) is 34.9. The molecule has 0 saturated carbocycles. The van der Waals surface area contributed by atoms with Crippen molar-refractivity contribution in [1.82, 2.24) is 0 Å². The zero-order valence-electron chi connectivity index (χ0n) is 53.3. The summed E-state index contributed by atoms with van der Waals surface area (Å²) in [6, 6.07) is 0. The highest BCUT2D eigenvalue weighted by Gasteiger charge is 2.19. The van der Waals surface area contributed by atoms with Crippen LogP contribution in [0.25, 0.3) is 0 Å². The summed E-state index contributed by atoms with van der Waals surface area (Å²) in [4.78, 5) is 38.4. The van der Waals surface area contributed by atoms with Crippen molar-refractivity contribution in [2.75, 3.05) is 13.2 Å². The number of ether oxygens (including phenoxy) is 3. The van der Waals surface area contributed by atoms with Gasteiger partial charge in [-0.15, -0.1) is 0 Å². The summed E-state index contributed by atoms with van der Waals surface area (Å²) in [7, 11) is 0. The van der Waals surface area contributed by atoms with Crippen molar-refractivity contribution in [3.05, 3.63) is 72.9 Å². The monoisotopic (exact) mass is 1120 g/mol. The van der Waals surface area contributed by atoms with Gasteiger partial charge in [0, 0.05) is 19.3 Å². The standard InChI is InChI=1S/C74H132O6/c1-4-7-10-13-16-19-22-25-28-31-32-33-34-35-36-37-38-39-40-41-42-44-46-49-52-55-58-61-64-67-73(76)79-70-71(69-78-72(75)66-63-60-57-54-51-48-45-30-27-24-21-18-15-12-9-6-3)80-74(77)68-65-62-59-56-53-50-47-43-29-26-23-20-17-14-11-8-5-2/h17,20-22,24-26,29-32,45,71H,4-16,18-19,23,27-28,33-44,46-70H2,1-3H3/b20-17-,24-21-,25-22-,29-26-,32-31-,45-30-. The lowest BCUT2D eigenvalue weighted by molar-refractivity contribution is -0.167. The highest BCUT2D eigenvalue weighted by Crippen LogP contribution is 2.17. The van der Waals surface area contributed by atoms with Gasteiger partial charge in [0.1, 0.15) is 13.2 Å². The van der Waals surface area contributed by atoms with Crippen LogP contribution in [-0.4, -0.2) is 37.2 Å². The van der Waals surface area contributed by atoms with Crippen LogP contribution < -0.4 is 0 Å². The van der Waals surface area contributed by atoms with E-state index in [1.807, 2.05) is 0 Å². The third-order valence-corrected chi connectivity index (χ3v) is 15.4. The van der Waals surface area contributed by atoms with Gasteiger partial charge >= 0.3 is 17.9 Å². The summed E-state index contributed by atoms with van der Waals surface area (Å²) >= 11 is 0. The van der Waals surface area contributed by atoms with Crippen LogP contribution in [0.2, 0.25) is 0 Å². The van der Waals surface area contributed by atoms with Gasteiger partial charge in [-0.05, 0) is 116 Å². The van der Waals surface area contributed by atoms with Crippen molar-refractivity contribution >= 4 is 17.9 Å². The van der Waals surface area contributed by atoms with Crippen LogP contribution in [-0.2, 0) is 28.6 Å². The number of esters is 3. The van der Waals surface area contributed by atoms with E-state index in [4.69, 9.17) is 14.2 Å². The first-order valence-corrected chi connectivity index (χ1v) is 34.9. The predicted molar refractivity (Wildman–Crippen MR) is 348 cm³/mol. The van der Waals surface area contributed by atoms with Crippen molar-refractivity contribution in [1.29, 1.82) is 0 Å². The maximum atomic E-state index is 12.9. The van der Waals surface area contributed by atoms with E-state index < -0.39 is 6.10 Å². The molecule has 0 heterocycles. The number of allylic oxidation sites excluding steroid dienone is 12. The molecule has 0 amide bonds. The molecule has 0 aliphatic rings. The van der Waals surface area contributed by atoms with Crippen molar-refractivity contribution in [3.63, 3.8) is 0 Å². The van der Waals surface area contributed by atoms with E-state index in [0.29, 0.717) is 19.3 Å². The summed E-state index contributed by atoms with van der Waals surface area (Å²) in [6.07, 6.45) is 89.2. The molecule has 0 radical (unpaired) electrons. The Morgan fingerprint density at radius 1 is 0.250 bits per heavy atom. The maximum absolute atomic E-state index is 12.9. The Morgan fingerprint density at radius 2 is 0.450 bits per heavy atom. The zero-order valence-corrected chi connectivity index (χ0v) is 53.3. The molecule has 0 aliphatic heterocycles. The van der Waals surface area contributed by atoms with E-state index in [1.165, 1.54) is 225 Å². The Kier molecular flexibility index (Phi) is 65.7. The van der Waals surface area contributed by atoms with Crippen LogP contribution in [0.5, 0.6) is 0 Å². The quantitative estimate of drug-likeness (QED) is 0.0261. The molecule has 0 aliphatic carbocycles. The van der Waals surface area contributed by atoms with Gasteiger partial charge in [0.15, 0.2) is 6.10 Å². The number of unbranched alkanes of at least 4 members (excludes halogenated alkanes) is 41. The van der Waals surface area contributed by atoms with Gasteiger partial charge in [0.05, 0.1) is 0 Å². The maximum Gasteiger partial charge on any atom is 0.306 e. The normalized spacial score (nSPS) is 12.5. The van der Waals surface area contributed by atoms with Gasteiger partial charge < -0.3 is 14.2 Å². The van der Waals surface area contributed by atoms with Gasteiger partial charge in [-0.1, -0.05) is 299 Å². The van der Waals surface area contributed by atoms with Crippen molar-refractivity contribution < 1.29 is 28.6 Å². The molecular formula is C74H132O6. The van der Waals surface area contributed by atoms with Crippen molar-refractivity contribution in [3.8, 4) is 0 Å². The van der Waals surface area contributed by atoms with Crippen LogP contribution in [0.4, 0.5) is 0 Å². The molecule has 6 nitrogen and oxygen atoms in total. The van der Waals surface area contributed by atoms with Gasteiger partial charge in [-0.3, -0.25) is 14.4 Å². The number of hydrogen-bond donors (Lipinski definition) is 0. The van der Waals surface area contributed by atoms with E-state index in [-0.39, 0.29) is 31.1 Å². The summed E-state index contributed by atoms with van der Waals surface area (Å²) in [5.74, 6) is -0.884. The molecule has 0 fully saturated rings. The summed E-state index contributed by atoms with van der Waals surface area (Å²) < 4.78 is 17.0. The van der Waals surface area contributed by atoms with Crippen LogP contribution in [0.1, 0.15) is 361 Å². The van der Waals surface area contributed by atoms with Gasteiger partial charge in [0.2, 0.25) is 0 Å². The average molecular weight is 1120 g/mol. The van der Waals surface area contributed by atoms with Crippen molar-refractivity contribution in [2.24, 2.45) is 0 Å². The molecule has 464 valence electrons. The Balaban J connectivity index is 4.26. The third kappa shape index (κ3) is 65.7. The van der Waals surface area contributed by atoms with Crippen molar-refractivity contribution in [2.45, 2.75) is 367 Å². The van der Waals surface area contributed by atoms with Gasteiger partial charge in [0.25, 0.3) is 0 Å². The Labute approximate surface area is 497 Å². The van der Waals surface area contributed by atoms with Gasteiger partial charge in [-0.2, -0.15) is 0 Å². The third-order valence-electron chi connectivity index (χ3n) is 15.4. The van der Waals surface area contributed by atoms with Crippen LogP contribution in [0, 0.1) is 0 Å². The second kappa shape index (κ2) is 68.3. The minimum Gasteiger partial charge on any atom is -0.462 e. The summed E-state index contributed by atoms with van der Waals surface area (Å²) in [5.41, 5.74) is 0. The van der Waals surface area contributed by atoms with Gasteiger partial charge in [-0.25, -0.2) is 0 Å². The topological polar surface area (TPSA) is 78.9 Å². The van der Waals surface area contributed by atoms with Crippen LogP contribution >= 0.6 is 0 Å². The fourth-order valence-corrected chi connectivity index (χ4v) is 10.1. The average Bonchev–Trinajstić information content (AvgIpc) is 3.46. The molecule has 0 spiro atoms. The molecular weight excluding hydrogens is 985 g/mol. The van der Waals surface area contributed by atoms with E-state index in [2.05, 4.69) is 93.7 Å². The lowest BCUT2D eigenvalue weighted by Crippen LogP contribution is -2.30. The minimum atomic E-state index is -0.786. The molecule has 6 heteroatoms. The smallest absolute Gasteiger partial charge is 0.306 e. The second-order valence-corrected chi connectivity index (χ2v) is 23.4. The molecule has 0 N–H and O–H groups in total. The number of carbonyl (C=O) groups excluding carboxylic acids is 3. The van der Waals surface area contributed by atoms with E-state index in [9.17, 15) is 14.4 Å². The van der Waals surface area contributed by atoms with E-state index in [1.54, 1.807) is 0 Å². The summed E-state index contributed by atoms with van der Waals surface area (Å²) in [6.45, 7) is 6.62. The number of hydrogen-bond acceptors (Lipinski definition) is 6. The fourth-order valence-electron chi connectivity index (χ4n) is 10.1. The fraction of sp³-hybridized carbons (Fsp3) is 0.797. The molecule has 0 aromatic heterocycles. The lowest BCUT2D eigenvalue weighted by Gasteiger charge is -2.18. The molecule has 0 bridgehead atoms. The molecule has 80 heavy (non-hydrogen) atoms. The van der Waals surface area contributed by atoms with Crippen LogP contribution in [0.3, 0.4) is 0 Å². The Hall–Kier alpha value is -3.15. The predicted octanol–water partition coefficient (Wildman–Crippen LogP) is 24.1. The van der Waals surface area contributed by atoms with Crippen LogP contribution in [0.15, 0.2) is 72.9 Å².